The van der Waals surface area contributed by atoms with Crippen molar-refractivity contribution in [3.8, 4) is 11.1 Å². The maximum absolute atomic E-state index is 11.3. The number of nitrogens with zero attached hydrogens (tertiary/aromatic N) is 2. The monoisotopic (exact) mass is 267 g/mol. The van der Waals surface area contributed by atoms with Gasteiger partial charge in [-0.3, -0.25) is 0 Å². The maximum atomic E-state index is 11.3. The first-order chi connectivity index (χ1) is 7.98. The molecule has 0 fully saturated rings. The number of aromatic nitrogens is 2. The zero-order valence-electron chi connectivity index (χ0n) is 8.88. The van der Waals surface area contributed by atoms with E-state index >= 15 is 0 Å². The molecule has 2 aromatic rings. The van der Waals surface area contributed by atoms with Gasteiger partial charge in [-0.15, -0.1) is 0 Å². The highest BCUT2D eigenvalue weighted by Gasteiger charge is 2.11. The molecular weight excluding hydrogens is 260 g/mol. The minimum Gasteiger partial charge on any atom is -0.233 e. The minimum atomic E-state index is -3.25. The number of hydrogen-bond acceptors (Lipinski definition) is 4. The van der Waals surface area contributed by atoms with Gasteiger partial charge in [0.25, 0.3) is 0 Å². The Bertz CT molecular complexity index is 642. The average molecular weight is 268 g/mol. The van der Waals surface area contributed by atoms with Crippen LogP contribution in [0.15, 0.2) is 35.5 Å². The first-order valence-corrected chi connectivity index (χ1v) is 6.93. The summed E-state index contributed by atoms with van der Waals surface area (Å²) in [4.78, 5) is 7.71. The third kappa shape index (κ3) is 2.62. The van der Waals surface area contributed by atoms with Crippen LogP contribution in [0.4, 0.5) is 0 Å². The van der Waals surface area contributed by atoms with Crippen molar-refractivity contribution in [3.63, 3.8) is 0 Å². The topological polar surface area (TPSA) is 59.9 Å². The highest BCUT2D eigenvalue weighted by Crippen LogP contribution is 2.28. The summed E-state index contributed by atoms with van der Waals surface area (Å²) in [6.07, 6.45) is 6.68. The Balaban J connectivity index is 2.54. The molecule has 2 rings (SSSR count). The van der Waals surface area contributed by atoms with Crippen LogP contribution in [0.5, 0.6) is 0 Å². The van der Waals surface area contributed by atoms with E-state index in [2.05, 4.69) is 16.3 Å². The van der Waals surface area contributed by atoms with Gasteiger partial charge in [0.2, 0.25) is 0 Å². The summed E-state index contributed by atoms with van der Waals surface area (Å²) in [7, 11) is -3.25. The molecule has 1 radical (unpaired) electrons. The van der Waals surface area contributed by atoms with Crippen molar-refractivity contribution >= 4 is 21.4 Å². The molecule has 0 N–H and O–H groups in total. The molecule has 1 aromatic carbocycles. The standard InChI is InChI=1S/C11H8ClN2O2S/c1-17(15,16)9-2-3-10(11(12)4-9)8-5-13-7-14-6-8/h2-6H,1H3. The fraction of sp³-hybridized carbons (Fsp3) is 0.0909. The van der Waals surface area contributed by atoms with Crippen molar-refractivity contribution in [2.75, 3.05) is 6.26 Å². The van der Waals surface area contributed by atoms with Gasteiger partial charge in [-0.25, -0.2) is 18.4 Å². The summed E-state index contributed by atoms with van der Waals surface area (Å²) in [5.74, 6) is 0. The summed E-state index contributed by atoms with van der Waals surface area (Å²) in [6, 6.07) is 4.56. The number of hydrogen-bond donors (Lipinski definition) is 0. The fourth-order valence-corrected chi connectivity index (χ4v) is 2.36. The lowest BCUT2D eigenvalue weighted by molar-refractivity contribution is 0.602. The third-order valence-corrected chi connectivity index (χ3v) is 3.63. The van der Waals surface area contributed by atoms with Gasteiger partial charge < -0.3 is 0 Å². The van der Waals surface area contributed by atoms with Gasteiger partial charge in [-0.05, 0) is 12.1 Å². The highest BCUT2D eigenvalue weighted by molar-refractivity contribution is 7.90. The SMILES string of the molecule is CS(=O)(=O)c1ccc(-c2cn[c]nc2)c(Cl)c1. The average Bonchev–Trinajstić information content (AvgIpc) is 2.29. The number of sulfone groups is 1. The summed E-state index contributed by atoms with van der Waals surface area (Å²) in [5, 5.41) is 0.350. The van der Waals surface area contributed by atoms with Crippen LogP contribution in [0.3, 0.4) is 0 Å². The fourth-order valence-electron chi connectivity index (χ4n) is 1.36. The van der Waals surface area contributed by atoms with Gasteiger partial charge in [-0.2, -0.15) is 0 Å². The van der Waals surface area contributed by atoms with E-state index in [1.54, 1.807) is 18.5 Å². The molecule has 17 heavy (non-hydrogen) atoms. The van der Waals surface area contributed by atoms with Crippen molar-refractivity contribution in [1.82, 2.24) is 9.97 Å². The lowest BCUT2D eigenvalue weighted by Crippen LogP contribution is -1.97. The van der Waals surface area contributed by atoms with Crippen molar-refractivity contribution in [3.05, 3.63) is 41.9 Å². The molecule has 0 spiro atoms. The second-order valence-corrected chi connectivity index (χ2v) is 5.91. The Labute approximate surface area is 104 Å². The van der Waals surface area contributed by atoms with Crippen LogP contribution in [-0.4, -0.2) is 24.6 Å². The number of halogens is 1. The van der Waals surface area contributed by atoms with Gasteiger partial charge >= 0.3 is 0 Å². The first kappa shape index (κ1) is 12.0. The Hall–Kier alpha value is -1.46. The maximum Gasteiger partial charge on any atom is 0.197 e. The molecule has 1 aromatic heterocycles. The molecule has 0 amide bonds. The molecule has 0 aliphatic carbocycles. The van der Waals surface area contributed by atoms with E-state index < -0.39 is 9.84 Å². The molecular formula is C11H8ClN2O2S. The minimum absolute atomic E-state index is 0.190. The van der Waals surface area contributed by atoms with Gasteiger partial charge in [0.1, 0.15) is 0 Å². The Kier molecular flexibility index (Phi) is 3.13. The van der Waals surface area contributed by atoms with Gasteiger partial charge in [0.05, 0.1) is 4.90 Å². The Morgan fingerprint density at radius 2 is 1.88 bits per heavy atom. The van der Waals surface area contributed by atoms with Crippen LogP contribution in [0.25, 0.3) is 11.1 Å². The van der Waals surface area contributed by atoms with Crippen molar-refractivity contribution in [2.24, 2.45) is 0 Å². The molecule has 1 heterocycles. The molecule has 0 bridgehead atoms. The quantitative estimate of drug-likeness (QED) is 0.835. The number of rotatable bonds is 2. The predicted octanol–water partition coefficient (Wildman–Crippen LogP) is 2.00. The van der Waals surface area contributed by atoms with Gasteiger partial charge in [-0.1, -0.05) is 17.7 Å². The molecule has 0 saturated carbocycles. The van der Waals surface area contributed by atoms with Gasteiger partial charge in [0.15, 0.2) is 16.2 Å². The van der Waals surface area contributed by atoms with Crippen molar-refractivity contribution in [2.45, 2.75) is 4.90 Å². The third-order valence-electron chi connectivity index (χ3n) is 2.20. The molecule has 0 aliphatic rings. The molecule has 0 aliphatic heterocycles. The zero-order chi connectivity index (χ0) is 12.5. The van der Waals surface area contributed by atoms with Crippen LogP contribution in [0.2, 0.25) is 5.02 Å². The highest BCUT2D eigenvalue weighted by atomic mass is 35.5. The Morgan fingerprint density at radius 1 is 1.24 bits per heavy atom. The second kappa shape index (κ2) is 4.43. The van der Waals surface area contributed by atoms with Crippen LogP contribution in [-0.2, 0) is 9.84 Å². The largest absolute Gasteiger partial charge is 0.233 e. The summed E-state index contributed by atoms with van der Waals surface area (Å²) >= 11 is 6.04. The van der Waals surface area contributed by atoms with Crippen molar-refractivity contribution in [1.29, 1.82) is 0 Å². The summed E-state index contributed by atoms with van der Waals surface area (Å²) in [5.41, 5.74) is 1.40. The first-order valence-electron chi connectivity index (χ1n) is 4.66. The lowest BCUT2D eigenvalue weighted by atomic mass is 10.1. The van der Waals surface area contributed by atoms with E-state index in [0.717, 1.165) is 6.26 Å². The van der Waals surface area contributed by atoms with Crippen LogP contribution >= 0.6 is 11.6 Å². The molecule has 0 atom stereocenters. The number of benzene rings is 1. The summed E-state index contributed by atoms with van der Waals surface area (Å²) in [6.45, 7) is 0. The van der Waals surface area contributed by atoms with Crippen LogP contribution < -0.4 is 0 Å². The van der Waals surface area contributed by atoms with Crippen molar-refractivity contribution < 1.29 is 8.42 Å². The molecule has 0 saturated heterocycles. The summed E-state index contributed by atoms with van der Waals surface area (Å²) < 4.78 is 22.7. The smallest absolute Gasteiger partial charge is 0.197 e. The van der Waals surface area contributed by atoms with E-state index in [4.69, 9.17) is 11.6 Å². The van der Waals surface area contributed by atoms with E-state index in [-0.39, 0.29) is 4.90 Å². The molecule has 87 valence electrons. The second-order valence-electron chi connectivity index (χ2n) is 3.49. The van der Waals surface area contributed by atoms with E-state index in [9.17, 15) is 8.42 Å². The zero-order valence-corrected chi connectivity index (χ0v) is 10.5. The Morgan fingerprint density at radius 3 is 2.41 bits per heavy atom. The van der Waals surface area contributed by atoms with E-state index in [0.29, 0.717) is 16.1 Å². The molecule has 6 heteroatoms. The van der Waals surface area contributed by atoms with Gasteiger partial charge in [0, 0.05) is 34.8 Å². The normalized spacial score (nSPS) is 11.4. The molecule has 0 unspecified atom stereocenters. The molecule has 4 nitrogen and oxygen atoms in total. The lowest BCUT2D eigenvalue weighted by Gasteiger charge is -2.05. The predicted molar refractivity (Wildman–Crippen MR) is 64.4 cm³/mol. The van der Waals surface area contributed by atoms with Crippen LogP contribution in [0, 0.1) is 6.33 Å². The van der Waals surface area contributed by atoms with E-state index in [1.807, 2.05) is 0 Å². The van der Waals surface area contributed by atoms with E-state index in [1.165, 1.54) is 12.1 Å². The van der Waals surface area contributed by atoms with Crippen LogP contribution in [0.1, 0.15) is 0 Å².